The van der Waals surface area contributed by atoms with Crippen molar-refractivity contribution in [1.29, 1.82) is 0 Å². The molecule has 2 saturated heterocycles. The second-order valence-corrected chi connectivity index (χ2v) is 14.9. The third-order valence-electron chi connectivity index (χ3n) is 9.05. The van der Waals surface area contributed by atoms with Crippen molar-refractivity contribution < 1.29 is 28.7 Å². The molecule has 0 N–H and O–H groups in total. The fourth-order valence-electron chi connectivity index (χ4n) is 7.58. The second kappa shape index (κ2) is 12.7. The highest BCUT2D eigenvalue weighted by Gasteiger charge is 2.51. The van der Waals surface area contributed by atoms with Crippen LogP contribution in [0, 0.1) is 11.8 Å². The summed E-state index contributed by atoms with van der Waals surface area (Å²) in [6.45, 7) is 16.9. The maximum absolute atomic E-state index is 12.6. The number of hydrogen-bond acceptors (Lipinski definition) is 6. The Morgan fingerprint density at radius 2 is 1.20 bits per heavy atom. The number of likely N-dealkylation sites (tertiary alicyclic amines) is 2. The van der Waals surface area contributed by atoms with Gasteiger partial charge in [0.1, 0.15) is 11.2 Å². The minimum absolute atomic E-state index is 0.105. The lowest BCUT2D eigenvalue weighted by Crippen LogP contribution is -2.39. The molecule has 8 heteroatoms. The fourth-order valence-corrected chi connectivity index (χ4v) is 7.58. The molecule has 0 radical (unpaired) electrons. The van der Waals surface area contributed by atoms with Gasteiger partial charge in [-0.3, -0.25) is 9.59 Å². The predicted octanol–water partition coefficient (Wildman–Crippen LogP) is 7.82. The Morgan fingerprint density at radius 1 is 0.761 bits per heavy atom. The monoisotopic (exact) mass is 628 g/mol. The average Bonchev–Trinajstić information content (AvgIpc) is 3.64. The zero-order valence-electron chi connectivity index (χ0n) is 28.4. The Kier molecular flexibility index (Phi) is 9.22. The van der Waals surface area contributed by atoms with Gasteiger partial charge in [0.05, 0.1) is 12.1 Å². The van der Waals surface area contributed by atoms with Crippen molar-refractivity contribution in [1.82, 2.24) is 9.80 Å². The van der Waals surface area contributed by atoms with E-state index in [0.717, 1.165) is 43.2 Å². The quantitative estimate of drug-likeness (QED) is 0.321. The van der Waals surface area contributed by atoms with Crippen molar-refractivity contribution in [3.63, 3.8) is 0 Å². The Hall–Kier alpha value is -3.94. The van der Waals surface area contributed by atoms with E-state index in [9.17, 15) is 19.2 Å². The second-order valence-electron chi connectivity index (χ2n) is 14.9. The molecule has 2 fully saturated rings. The predicted molar refractivity (Wildman–Crippen MR) is 176 cm³/mol. The van der Waals surface area contributed by atoms with Crippen LogP contribution in [0.3, 0.4) is 0 Å². The van der Waals surface area contributed by atoms with Gasteiger partial charge in [-0.1, -0.05) is 55.8 Å². The zero-order chi connectivity index (χ0) is 33.6. The summed E-state index contributed by atoms with van der Waals surface area (Å²) in [5, 5.41) is 0. The van der Waals surface area contributed by atoms with Crippen LogP contribution in [0.2, 0.25) is 0 Å². The lowest BCUT2D eigenvalue weighted by molar-refractivity contribution is -0.129. The minimum Gasteiger partial charge on any atom is -0.443 e. The first-order valence-electron chi connectivity index (χ1n) is 16.6. The summed E-state index contributed by atoms with van der Waals surface area (Å²) in [6, 6.07) is 12.2. The first-order chi connectivity index (χ1) is 21.6. The Bertz CT molecular complexity index is 1550. The number of carbonyl (C=O) groups excluding carboxylic acids is 4. The zero-order valence-corrected chi connectivity index (χ0v) is 28.4. The van der Waals surface area contributed by atoms with Gasteiger partial charge < -0.3 is 9.47 Å². The highest BCUT2D eigenvalue weighted by molar-refractivity contribution is 5.96. The molecule has 8 nitrogen and oxygen atoms in total. The number of rotatable bonds is 4. The SMILES string of the molecule is C=CCc1cccc2c1C1C(CC(=O)N1C(=O)OC(C)(C)C)C2.CCCc1cccc2c1C1C(CC(=O)N1C(=O)OC(C)(C)C)C2. The molecular weight excluding hydrogens is 580 g/mol. The summed E-state index contributed by atoms with van der Waals surface area (Å²) in [6.07, 6.45) is 6.15. The smallest absolute Gasteiger partial charge is 0.417 e. The van der Waals surface area contributed by atoms with E-state index in [1.807, 2.05) is 53.7 Å². The maximum atomic E-state index is 12.6. The lowest BCUT2D eigenvalue weighted by Gasteiger charge is -2.28. The Balaban J connectivity index is 0.000000181. The van der Waals surface area contributed by atoms with E-state index in [0.29, 0.717) is 12.8 Å². The van der Waals surface area contributed by atoms with Crippen molar-refractivity contribution >= 4 is 24.0 Å². The molecule has 0 saturated carbocycles. The Labute approximate surface area is 273 Å². The van der Waals surface area contributed by atoms with Crippen LogP contribution in [0.15, 0.2) is 49.1 Å². The maximum Gasteiger partial charge on any atom is 0.417 e. The molecule has 0 bridgehead atoms. The van der Waals surface area contributed by atoms with Crippen molar-refractivity contribution in [2.24, 2.45) is 11.8 Å². The van der Waals surface area contributed by atoms with Gasteiger partial charge in [0.2, 0.25) is 11.8 Å². The van der Waals surface area contributed by atoms with Gasteiger partial charge in [-0.05, 0) is 112 Å². The molecule has 2 aromatic carbocycles. The normalized spacial score (nSPS) is 22.8. The molecule has 4 unspecified atom stereocenters. The van der Waals surface area contributed by atoms with Crippen LogP contribution < -0.4 is 0 Å². The van der Waals surface area contributed by atoms with Gasteiger partial charge in [0.25, 0.3) is 0 Å². The molecule has 246 valence electrons. The highest BCUT2D eigenvalue weighted by Crippen LogP contribution is 2.50. The number of allylic oxidation sites excluding steroid dienone is 1. The van der Waals surface area contributed by atoms with Gasteiger partial charge in [-0.15, -0.1) is 6.58 Å². The van der Waals surface area contributed by atoms with Gasteiger partial charge in [0.15, 0.2) is 0 Å². The van der Waals surface area contributed by atoms with Crippen LogP contribution in [0.1, 0.15) is 113 Å². The third-order valence-corrected chi connectivity index (χ3v) is 9.05. The van der Waals surface area contributed by atoms with Gasteiger partial charge in [-0.25, -0.2) is 19.4 Å². The molecule has 2 aliphatic heterocycles. The molecule has 0 spiro atoms. The Morgan fingerprint density at radius 3 is 1.61 bits per heavy atom. The van der Waals surface area contributed by atoms with E-state index in [1.165, 1.54) is 32.1 Å². The third kappa shape index (κ3) is 6.62. The number of ether oxygens (including phenoxy) is 2. The summed E-state index contributed by atoms with van der Waals surface area (Å²) < 4.78 is 10.9. The van der Waals surface area contributed by atoms with Gasteiger partial charge in [0, 0.05) is 12.8 Å². The summed E-state index contributed by atoms with van der Waals surface area (Å²) in [5.41, 5.74) is 6.03. The number of hydrogen-bond donors (Lipinski definition) is 0. The molecular formula is C38H48N2O6. The number of fused-ring (bicyclic) bond motifs is 6. The van der Waals surface area contributed by atoms with E-state index >= 15 is 0 Å². The number of nitrogens with zero attached hydrogens (tertiary/aromatic N) is 2. The van der Waals surface area contributed by atoms with Crippen molar-refractivity contribution in [3.05, 3.63) is 82.4 Å². The van der Waals surface area contributed by atoms with E-state index in [2.05, 4.69) is 43.8 Å². The summed E-state index contributed by atoms with van der Waals surface area (Å²) >= 11 is 0. The first-order valence-corrected chi connectivity index (χ1v) is 16.6. The number of carbonyl (C=O) groups is 4. The van der Waals surface area contributed by atoms with Crippen molar-refractivity contribution in [2.75, 3.05) is 0 Å². The van der Waals surface area contributed by atoms with Crippen LogP contribution in [0.4, 0.5) is 9.59 Å². The van der Waals surface area contributed by atoms with Crippen molar-refractivity contribution in [3.8, 4) is 0 Å². The average molecular weight is 629 g/mol. The van der Waals surface area contributed by atoms with Crippen LogP contribution in [0.25, 0.3) is 0 Å². The fraction of sp³-hybridized carbons (Fsp3) is 0.526. The first kappa shape index (κ1) is 33.4. The molecule has 4 atom stereocenters. The van der Waals surface area contributed by atoms with Gasteiger partial charge in [-0.2, -0.15) is 0 Å². The summed E-state index contributed by atoms with van der Waals surface area (Å²) in [7, 11) is 0. The molecule has 4 aliphatic rings. The topological polar surface area (TPSA) is 93.2 Å². The number of aryl methyl sites for hydroxylation is 1. The molecule has 6 rings (SSSR count). The highest BCUT2D eigenvalue weighted by atomic mass is 16.6. The van der Waals surface area contributed by atoms with Crippen LogP contribution >= 0.6 is 0 Å². The molecule has 0 aromatic heterocycles. The van der Waals surface area contributed by atoms with Crippen LogP contribution in [0.5, 0.6) is 0 Å². The largest absolute Gasteiger partial charge is 0.443 e. The standard InChI is InChI=1S/C19H25NO3.C19H23NO3/c2*1-5-7-12-8-6-9-13-10-14-11-15(21)20(17(14)16(12)13)18(22)23-19(2,3)4/h6,8-9,14,17H,5,7,10-11H2,1-4H3;5-6,8-9,14,17H,1,7,10-11H2,2-4H3. The number of imide groups is 2. The number of benzene rings is 2. The minimum atomic E-state index is -0.614. The van der Waals surface area contributed by atoms with Gasteiger partial charge >= 0.3 is 12.2 Å². The van der Waals surface area contributed by atoms with E-state index < -0.39 is 23.4 Å². The van der Waals surface area contributed by atoms with E-state index in [4.69, 9.17) is 9.47 Å². The van der Waals surface area contributed by atoms with E-state index in [1.54, 1.807) is 0 Å². The molecule has 2 heterocycles. The molecule has 46 heavy (non-hydrogen) atoms. The summed E-state index contributed by atoms with van der Waals surface area (Å²) in [5.74, 6) is 0.124. The van der Waals surface area contributed by atoms with Crippen LogP contribution in [-0.2, 0) is 44.7 Å². The molecule has 4 amide bonds. The number of amides is 4. The van der Waals surface area contributed by atoms with Crippen molar-refractivity contribution in [2.45, 2.75) is 117 Å². The lowest BCUT2D eigenvalue weighted by atomic mass is 9.96. The molecule has 2 aromatic rings. The van der Waals surface area contributed by atoms with E-state index in [-0.39, 0.29) is 35.7 Å². The molecule has 2 aliphatic carbocycles. The van der Waals surface area contributed by atoms with Crippen LogP contribution in [-0.4, -0.2) is 45.0 Å². The summed E-state index contributed by atoms with van der Waals surface area (Å²) in [4.78, 5) is 52.7.